The third-order valence-electron chi connectivity index (χ3n) is 8.80. The number of nitrogens with one attached hydrogen (secondary N) is 1. The molecular weight excluding hydrogens is 580 g/mol. The summed E-state index contributed by atoms with van der Waals surface area (Å²) in [5.74, 6) is -0.186. The fourth-order valence-corrected chi connectivity index (χ4v) is 6.53. The molecule has 1 atom stereocenters. The first-order chi connectivity index (χ1) is 22.0. The lowest BCUT2D eigenvalue weighted by Crippen LogP contribution is -2.47. The molecule has 6 nitrogen and oxygen atoms in total. The molecule has 0 radical (unpaired) electrons. The van der Waals surface area contributed by atoms with E-state index in [0.717, 1.165) is 51.1 Å². The molecule has 2 heterocycles. The number of hydrogen-bond donors (Lipinski definition) is 1. The number of rotatable bonds is 10. The Morgan fingerprint density at radius 3 is 2.13 bits per heavy atom. The molecule has 45 heavy (non-hydrogen) atoms. The van der Waals surface area contributed by atoms with Crippen molar-refractivity contribution in [2.75, 3.05) is 32.7 Å². The van der Waals surface area contributed by atoms with Gasteiger partial charge in [0.1, 0.15) is 0 Å². The first-order valence-corrected chi connectivity index (χ1v) is 16.2. The summed E-state index contributed by atoms with van der Waals surface area (Å²) >= 11 is 6.45. The number of carbonyl (C=O) groups excluding carboxylic acids is 1. The standard InChI is InChI=1S/C38H39ClN4O2/c1-2-34(29-14-7-4-8-15-29)40-37(44)36-32-18-9-10-19-33(32)38(45)43(31-17-11-16-30(39)26-31)35(36)27-42-24-22-41(23-25-42)21-20-28-12-5-3-6-13-28/h3-19,26,34H,2,20-25,27H2,1H3,(H,40,44)/t34-/m0/s1. The molecule has 0 unspecified atom stereocenters. The number of piperazine rings is 1. The average molecular weight is 619 g/mol. The highest BCUT2D eigenvalue weighted by molar-refractivity contribution is 6.30. The van der Waals surface area contributed by atoms with Crippen molar-refractivity contribution >= 4 is 28.3 Å². The summed E-state index contributed by atoms with van der Waals surface area (Å²) in [5.41, 5.74) is 4.10. The Hall–Kier alpha value is -4.23. The van der Waals surface area contributed by atoms with Crippen LogP contribution in [0.25, 0.3) is 16.5 Å². The smallest absolute Gasteiger partial charge is 0.263 e. The fraction of sp³-hybridized carbons (Fsp3) is 0.263. The van der Waals surface area contributed by atoms with Gasteiger partial charge in [-0.1, -0.05) is 103 Å². The Morgan fingerprint density at radius 2 is 1.44 bits per heavy atom. The summed E-state index contributed by atoms with van der Waals surface area (Å²) in [5, 5.41) is 5.01. The average Bonchev–Trinajstić information content (AvgIpc) is 3.08. The van der Waals surface area contributed by atoms with E-state index < -0.39 is 0 Å². The van der Waals surface area contributed by atoms with Crippen molar-refractivity contribution in [3.05, 3.63) is 147 Å². The van der Waals surface area contributed by atoms with E-state index >= 15 is 0 Å². The van der Waals surface area contributed by atoms with Gasteiger partial charge in [0.15, 0.2) is 0 Å². The maximum atomic E-state index is 14.4. The zero-order valence-corrected chi connectivity index (χ0v) is 26.4. The van der Waals surface area contributed by atoms with Crippen LogP contribution >= 0.6 is 11.6 Å². The Morgan fingerprint density at radius 1 is 0.800 bits per heavy atom. The lowest BCUT2D eigenvalue weighted by atomic mass is 9.99. The number of fused-ring (bicyclic) bond motifs is 1. The molecule has 1 amide bonds. The van der Waals surface area contributed by atoms with Crippen molar-refractivity contribution in [2.45, 2.75) is 32.4 Å². The van der Waals surface area contributed by atoms with Gasteiger partial charge in [-0.25, -0.2) is 0 Å². The van der Waals surface area contributed by atoms with Crippen LogP contribution in [0.5, 0.6) is 0 Å². The maximum Gasteiger partial charge on any atom is 0.263 e. The molecule has 1 fully saturated rings. The molecule has 1 aromatic heterocycles. The normalized spacial score (nSPS) is 14.8. The third-order valence-corrected chi connectivity index (χ3v) is 9.03. The lowest BCUT2D eigenvalue weighted by Gasteiger charge is -2.35. The van der Waals surface area contributed by atoms with Crippen LogP contribution in [0.3, 0.4) is 0 Å². The SMILES string of the molecule is CC[C@H](NC(=O)c1c(CN2CCN(CCc3ccccc3)CC2)n(-c2cccc(Cl)c2)c(=O)c2ccccc12)c1ccccc1. The number of pyridine rings is 1. The van der Waals surface area contributed by atoms with Crippen LogP contribution in [0.4, 0.5) is 0 Å². The molecule has 0 bridgehead atoms. The molecule has 4 aromatic carbocycles. The van der Waals surface area contributed by atoms with E-state index in [0.29, 0.717) is 39.3 Å². The minimum atomic E-state index is -0.186. The van der Waals surface area contributed by atoms with Gasteiger partial charge in [-0.3, -0.25) is 19.1 Å². The maximum absolute atomic E-state index is 14.4. The number of benzene rings is 4. The second kappa shape index (κ2) is 14.2. The first-order valence-electron chi connectivity index (χ1n) is 15.8. The van der Waals surface area contributed by atoms with Crippen LogP contribution in [0.15, 0.2) is 114 Å². The first kappa shape index (κ1) is 30.8. The van der Waals surface area contributed by atoms with Crippen LogP contribution in [-0.2, 0) is 13.0 Å². The number of carbonyl (C=O) groups is 1. The Labute approximate surface area is 269 Å². The molecule has 1 saturated heterocycles. The summed E-state index contributed by atoms with van der Waals surface area (Å²) in [4.78, 5) is 33.5. The number of aromatic nitrogens is 1. The molecule has 7 heteroatoms. The predicted octanol–water partition coefficient (Wildman–Crippen LogP) is 6.89. The van der Waals surface area contributed by atoms with Crippen molar-refractivity contribution in [1.29, 1.82) is 0 Å². The van der Waals surface area contributed by atoms with Crippen molar-refractivity contribution in [3.8, 4) is 5.69 Å². The van der Waals surface area contributed by atoms with Crippen LogP contribution in [0, 0.1) is 0 Å². The zero-order chi connectivity index (χ0) is 31.2. The fourth-order valence-electron chi connectivity index (χ4n) is 6.34. The highest BCUT2D eigenvalue weighted by atomic mass is 35.5. The molecule has 0 aliphatic carbocycles. The molecular formula is C38H39ClN4O2. The molecule has 0 saturated carbocycles. The van der Waals surface area contributed by atoms with Gasteiger partial charge in [-0.2, -0.15) is 0 Å². The number of hydrogen-bond acceptors (Lipinski definition) is 4. The van der Waals surface area contributed by atoms with Crippen molar-refractivity contribution in [2.24, 2.45) is 0 Å². The van der Waals surface area contributed by atoms with E-state index in [2.05, 4.69) is 52.4 Å². The second-order valence-electron chi connectivity index (χ2n) is 11.7. The highest BCUT2D eigenvalue weighted by Gasteiger charge is 2.27. The largest absolute Gasteiger partial charge is 0.345 e. The quantitative estimate of drug-likeness (QED) is 0.185. The van der Waals surface area contributed by atoms with Crippen LogP contribution in [0.1, 0.15) is 46.6 Å². The van der Waals surface area contributed by atoms with Crippen LogP contribution in [0.2, 0.25) is 5.02 Å². The summed E-state index contributed by atoms with van der Waals surface area (Å²) in [7, 11) is 0. The molecule has 1 N–H and O–H groups in total. The van der Waals surface area contributed by atoms with Gasteiger partial charge in [-0.05, 0) is 48.2 Å². The van der Waals surface area contributed by atoms with E-state index in [9.17, 15) is 9.59 Å². The number of nitrogens with zero attached hydrogens (tertiary/aromatic N) is 3. The molecule has 6 rings (SSSR count). The van der Waals surface area contributed by atoms with Gasteiger partial charge < -0.3 is 10.2 Å². The molecule has 230 valence electrons. The van der Waals surface area contributed by atoms with Crippen LogP contribution in [-0.4, -0.2) is 53.0 Å². The van der Waals surface area contributed by atoms with E-state index in [1.807, 2.05) is 60.7 Å². The van der Waals surface area contributed by atoms with E-state index in [-0.39, 0.29) is 17.5 Å². The van der Waals surface area contributed by atoms with Crippen molar-refractivity contribution in [1.82, 2.24) is 19.7 Å². The lowest BCUT2D eigenvalue weighted by molar-refractivity contribution is 0.0931. The second-order valence-corrected chi connectivity index (χ2v) is 12.1. The summed E-state index contributed by atoms with van der Waals surface area (Å²) in [6, 6.07) is 35.2. The topological polar surface area (TPSA) is 57.6 Å². The number of halogens is 1. The Kier molecular flexibility index (Phi) is 9.75. The summed E-state index contributed by atoms with van der Waals surface area (Å²) < 4.78 is 1.70. The van der Waals surface area contributed by atoms with E-state index in [1.54, 1.807) is 22.8 Å². The third kappa shape index (κ3) is 7.04. The van der Waals surface area contributed by atoms with E-state index in [1.165, 1.54) is 5.56 Å². The van der Waals surface area contributed by atoms with Gasteiger partial charge >= 0.3 is 0 Å². The Bertz CT molecular complexity index is 1820. The zero-order valence-electron chi connectivity index (χ0n) is 25.7. The van der Waals surface area contributed by atoms with Gasteiger partial charge in [0.05, 0.1) is 23.0 Å². The van der Waals surface area contributed by atoms with E-state index in [4.69, 9.17) is 11.6 Å². The molecule has 0 spiro atoms. The highest BCUT2D eigenvalue weighted by Crippen LogP contribution is 2.27. The van der Waals surface area contributed by atoms with Crippen molar-refractivity contribution in [3.63, 3.8) is 0 Å². The van der Waals surface area contributed by atoms with Crippen LogP contribution < -0.4 is 10.9 Å². The summed E-state index contributed by atoms with van der Waals surface area (Å²) in [6.45, 7) is 7.07. The Balaban J connectivity index is 1.37. The van der Waals surface area contributed by atoms with Gasteiger partial charge in [0.25, 0.3) is 11.5 Å². The summed E-state index contributed by atoms with van der Waals surface area (Å²) in [6.07, 6.45) is 1.76. The molecule has 1 aliphatic heterocycles. The van der Waals surface area contributed by atoms with Gasteiger partial charge in [-0.15, -0.1) is 0 Å². The monoisotopic (exact) mass is 618 g/mol. The molecule has 1 aliphatic rings. The minimum absolute atomic E-state index is 0.156. The van der Waals surface area contributed by atoms with Gasteiger partial charge in [0, 0.05) is 55.1 Å². The number of amides is 1. The predicted molar refractivity (Wildman–Crippen MR) is 183 cm³/mol. The minimum Gasteiger partial charge on any atom is -0.345 e. The molecule has 5 aromatic rings. The van der Waals surface area contributed by atoms with Crippen molar-refractivity contribution < 1.29 is 4.79 Å². The van der Waals surface area contributed by atoms with Gasteiger partial charge in [0.2, 0.25) is 0 Å².